The molecule has 0 aromatic rings. The summed E-state index contributed by atoms with van der Waals surface area (Å²) in [5.41, 5.74) is 0. The van der Waals surface area contributed by atoms with Crippen molar-refractivity contribution in [1.82, 2.24) is 14.7 Å². The van der Waals surface area contributed by atoms with E-state index in [2.05, 4.69) is 14.7 Å². The van der Waals surface area contributed by atoms with Crippen molar-refractivity contribution in [2.75, 3.05) is 52.4 Å². The molecule has 0 aromatic heterocycles. The molecule has 3 fully saturated rings. The third-order valence-corrected chi connectivity index (χ3v) is 5.57. The highest BCUT2D eigenvalue weighted by Crippen LogP contribution is 2.20. The largest absolute Gasteiger partial charge is 0.302 e. The van der Waals surface area contributed by atoms with E-state index >= 15 is 0 Å². The minimum Gasteiger partial charge on any atom is -0.302 e. The zero-order chi connectivity index (χ0) is 13.6. The highest BCUT2D eigenvalue weighted by molar-refractivity contribution is 4.83. The maximum atomic E-state index is 2.79. The molecule has 0 bridgehead atoms. The molecule has 0 N–H and O–H groups in total. The van der Waals surface area contributed by atoms with Crippen molar-refractivity contribution in [1.29, 1.82) is 0 Å². The van der Waals surface area contributed by atoms with Gasteiger partial charge in [0.25, 0.3) is 0 Å². The van der Waals surface area contributed by atoms with Crippen molar-refractivity contribution >= 4 is 0 Å². The van der Waals surface area contributed by atoms with Crippen LogP contribution < -0.4 is 0 Å². The maximum absolute atomic E-state index is 2.79. The summed E-state index contributed by atoms with van der Waals surface area (Å²) in [7, 11) is 0. The Hall–Kier alpha value is -0.120. The summed E-state index contributed by atoms with van der Waals surface area (Å²) >= 11 is 0. The average Bonchev–Trinajstić information content (AvgIpc) is 2.94. The molecule has 3 heteroatoms. The third kappa shape index (κ3) is 4.19. The molecule has 3 aliphatic rings. The fourth-order valence-corrected chi connectivity index (χ4v) is 4.29. The Balaban J connectivity index is 1.40. The molecule has 3 saturated heterocycles. The summed E-state index contributed by atoms with van der Waals surface area (Å²) in [4.78, 5) is 8.22. The number of hydrogen-bond acceptors (Lipinski definition) is 3. The first-order valence-electron chi connectivity index (χ1n) is 9.10. The minimum atomic E-state index is 0.859. The van der Waals surface area contributed by atoms with Crippen LogP contribution in [0.1, 0.15) is 51.4 Å². The number of piperidine rings is 2. The van der Waals surface area contributed by atoms with Gasteiger partial charge in [0, 0.05) is 25.7 Å². The van der Waals surface area contributed by atoms with E-state index in [9.17, 15) is 0 Å². The van der Waals surface area contributed by atoms with Crippen LogP contribution in [0.15, 0.2) is 0 Å². The third-order valence-electron chi connectivity index (χ3n) is 5.57. The predicted octanol–water partition coefficient (Wildman–Crippen LogP) is 2.42. The van der Waals surface area contributed by atoms with Crippen LogP contribution in [0.5, 0.6) is 0 Å². The molecule has 0 amide bonds. The van der Waals surface area contributed by atoms with Gasteiger partial charge in [0.1, 0.15) is 0 Å². The van der Waals surface area contributed by atoms with Crippen molar-refractivity contribution in [3.8, 4) is 0 Å². The maximum Gasteiger partial charge on any atom is 0.0224 e. The van der Waals surface area contributed by atoms with Crippen LogP contribution in [0.4, 0.5) is 0 Å². The number of rotatable bonds is 5. The van der Waals surface area contributed by atoms with Gasteiger partial charge in [0.2, 0.25) is 0 Å². The van der Waals surface area contributed by atoms with E-state index in [1.54, 1.807) is 0 Å². The fourth-order valence-electron chi connectivity index (χ4n) is 4.29. The molecule has 0 spiro atoms. The Morgan fingerprint density at radius 1 is 0.600 bits per heavy atom. The van der Waals surface area contributed by atoms with Gasteiger partial charge in [0.05, 0.1) is 0 Å². The zero-order valence-corrected chi connectivity index (χ0v) is 13.2. The van der Waals surface area contributed by atoms with Gasteiger partial charge < -0.3 is 9.80 Å². The molecule has 1 atom stereocenters. The highest BCUT2D eigenvalue weighted by atomic mass is 15.3. The topological polar surface area (TPSA) is 9.72 Å². The van der Waals surface area contributed by atoms with E-state index in [0.717, 1.165) is 6.04 Å². The molecule has 3 rings (SSSR count). The van der Waals surface area contributed by atoms with Gasteiger partial charge >= 0.3 is 0 Å². The van der Waals surface area contributed by atoms with E-state index in [1.165, 1.54) is 104 Å². The van der Waals surface area contributed by atoms with Gasteiger partial charge in [0.15, 0.2) is 0 Å². The van der Waals surface area contributed by atoms with E-state index < -0.39 is 0 Å². The first kappa shape index (κ1) is 14.8. The molecule has 0 radical (unpaired) electrons. The van der Waals surface area contributed by atoms with Crippen LogP contribution in [-0.4, -0.2) is 73.1 Å². The molecule has 116 valence electrons. The lowest BCUT2D eigenvalue weighted by atomic mass is 10.1. The summed E-state index contributed by atoms with van der Waals surface area (Å²) < 4.78 is 0. The predicted molar refractivity (Wildman–Crippen MR) is 85.2 cm³/mol. The van der Waals surface area contributed by atoms with Crippen molar-refractivity contribution in [3.63, 3.8) is 0 Å². The molecule has 0 saturated carbocycles. The van der Waals surface area contributed by atoms with Crippen LogP contribution in [0.3, 0.4) is 0 Å². The monoisotopic (exact) mass is 279 g/mol. The van der Waals surface area contributed by atoms with Gasteiger partial charge in [-0.15, -0.1) is 0 Å². The molecule has 1 unspecified atom stereocenters. The zero-order valence-electron chi connectivity index (χ0n) is 13.2. The first-order chi connectivity index (χ1) is 9.92. The minimum absolute atomic E-state index is 0.859. The van der Waals surface area contributed by atoms with Gasteiger partial charge in [-0.1, -0.05) is 12.8 Å². The van der Waals surface area contributed by atoms with Crippen molar-refractivity contribution in [2.45, 2.75) is 57.4 Å². The molecule has 0 aliphatic carbocycles. The molecule has 3 aliphatic heterocycles. The van der Waals surface area contributed by atoms with Crippen molar-refractivity contribution in [3.05, 3.63) is 0 Å². The molecule has 20 heavy (non-hydrogen) atoms. The second-order valence-electron chi connectivity index (χ2n) is 7.10. The lowest BCUT2D eigenvalue weighted by Gasteiger charge is -2.34. The van der Waals surface area contributed by atoms with Crippen LogP contribution in [0.2, 0.25) is 0 Å². The fraction of sp³-hybridized carbons (Fsp3) is 1.00. The quantitative estimate of drug-likeness (QED) is 0.765. The Bertz CT molecular complexity index is 269. The number of nitrogens with zero attached hydrogens (tertiary/aromatic N) is 3. The molecular weight excluding hydrogens is 246 g/mol. The Morgan fingerprint density at radius 3 is 1.95 bits per heavy atom. The summed E-state index contributed by atoms with van der Waals surface area (Å²) in [6.07, 6.45) is 11.5. The van der Waals surface area contributed by atoms with Crippen molar-refractivity contribution in [2.24, 2.45) is 0 Å². The Kier molecular flexibility index (Phi) is 5.75. The van der Waals surface area contributed by atoms with E-state index in [1.807, 2.05) is 0 Å². The van der Waals surface area contributed by atoms with Gasteiger partial charge in [-0.2, -0.15) is 0 Å². The van der Waals surface area contributed by atoms with Crippen LogP contribution in [0, 0.1) is 0 Å². The number of hydrogen-bond donors (Lipinski definition) is 0. The van der Waals surface area contributed by atoms with Gasteiger partial charge in [-0.05, 0) is 71.2 Å². The van der Waals surface area contributed by atoms with E-state index in [4.69, 9.17) is 0 Å². The lowest BCUT2D eigenvalue weighted by molar-refractivity contribution is 0.133. The molecule has 3 nitrogen and oxygen atoms in total. The van der Waals surface area contributed by atoms with Crippen LogP contribution in [0.25, 0.3) is 0 Å². The summed E-state index contributed by atoms with van der Waals surface area (Å²) in [5, 5.41) is 0. The first-order valence-corrected chi connectivity index (χ1v) is 9.10. The van der Waals surface area contributed by atoms with Crippen LogP contribution in [-0.2, 0) is 0 Å². The lowest BCUT2D eigenvalue weighted by Crippen LogP contribution is -2.45. The van der Waals surface area contributed by atoms with E-state index in [-0.39, 0.29) is 0 Å². The standard InChI is InChI=1S/C17H33N3/c1-3-9-18(10-4-1)14-15-20-13-7-8-17(20)16-19-11-5-2-6-12-19/h17H,1-16H2. The smallest absolute Gasteiger partial charge is 0.0224 e. The van der Waals surface area contributed by atoms with E-state index in [0.29, 0.717) is 0 Å². The van der Waals surface area contributed by atoms with Gasteiger partial charge in [-0.25, -0.2) is 0 Å². The molecule has 0 aromatic carbocycles. The summed E-state index contributed by atoms with van der Waals surface area (Å²) in [5.74, 6) is 0. The van der Waals surface area contributed by atoms with Crippen molar-refractivity contribution < 1.29 is 0 Å². The Labute approximate surface area is 125 Å². The Morgan fingerprint density at radius 2 is 1.25 bits per heavy atom. The molecular formula is C17H33N3. The highest BCUT2D eigenvalue weighted by Gasteiger charge is 2.27. The second kappa shape index (κ2) is 7.77. The SMILES string of the molecule is C1CCN(CCN2CCCC2CN2CCCCC2)CC1. The molecule has 3 heterocycles. The summed E-state index contributed by atoms with van der Waals surface area (Å²) in [6, 6.07) is 0.859. The normalized spacial score (nSPS) is 30.9. The average molecular weight is 279 g/mol. The van der Waals surface area contributed by atoms with Gasteiger partial charge in [-0.3, -0.25) is 4.90 Å². The number of likely N-dealkylation sites (tertiary alicyclic amines) is 3. The summed E-state index contributed by atoms with van der Waals surface area (Å²) in [6.45, 7) is 10.8. The van der Waals surface area contributed by atoms with Crippen LogP contribution >= 0.6 is 0 Å². The second-order valence-corrected chi connectivity index (χ2v) is 7.10.